The minimum atomic E-state index is -1.17. The lowest BCUT2D eigenvalue weighted by atomic mass is 10.1. The summed E-state index contributed by atoms with van der Waals surface area (Å²) in [4.78, 5) is 30.7. The van der Waals surface area contributed by atoms with Crippen LogP contribution in [0.2, 0.25) is 0 Å². The number of imidazole rings is 1. The summed E-state index contributed by atoms with van der Waals surface area (Å²) in [6.07, 6.45) is 0.961. The summed E-state index contributed by atoms with van der Waals surface area (Å²) in [5, 5.41) is 30.2. The second kappa shape index (κ2) is 5.88. The van der Waals surface area contributed by atoms with Crippen LogP contribution in [0.4, 0.5) is 4.79 Å². The van der Waals surface area contributed by atoms with Gasteiger partial charge in [0.2, 0.25) is 0 Å². The van der Waals surface area contributed by atoms with Gasteiger partial charge >= 0.3 is 12.0 Å². The van der Waals surface area contributed by atoms with Crippen LogP contribution in [0.1, 0.15) is 5.69 Å². The van der Waals surface area contributed by atoms with E-state index in [-0.39, 0.29) is 19.5 Å². The molecule has 0 bridgehead atoms. The normalized spacial score (nSPS) is 23.6. The van der Waals surface area contributed by atoms with Crippen molar-refractivity contribution < 1.29 is 24.9 Å². The summed E-state index contributed by atoms with van der Waals surface area (Å²) in [5.74, 6) is -1.17. The molecule has 2 unspecified atom stereocenters. The quantitative estimate of drug-likeness (QED) is 0.440. The molecule has 9 nitrogen and oxygen atoms in total. The number of aliphatic hydroxyl groups excluding tert-OH is 2. The van der Waals surface area contributed by atoms with E-state index in [0.717, 1.165) is 0 Å². The average Bonchev–Trinajstić information content (AvgIpc) is 2.99. The zero-order valence-electron chi connectivity index (χ0n) is 10.6. The number of carbonyl (C=O) groups is 2. The first-order valence-corrected chi connectivity index (χ1v) is 6.09. The van der Waals surface area contributed by atoms with Crippen LogP contribution < -0.4 is 5.32 Å². The summed E-state index contributed by atoms with van der Waals surface area (Å²) in [7, 11) is 0. The Morgan fingerprint density at radius 2 is 2.10 bits per heavy atom. The number of likely N-dealkylation sites (tertiary alicyclic amines) is 1. The molecular weight excluding hydrogens is 268 g/mol. The monoisotopic (exact) mass is 284 g/mol. The smallest absolute Gasteiger partial charge is 0.326 e. The Morgan fingerprint density at radius 1 is 1.45 bits per heavy atom. The molecular formula is C11H16N4O5. The highest BCUT2D eigenvalue weighted by molar-refractivity contribution is 5.83. The van der Waals surface area contributed by atoms with Gasteiger partial charge in [0, 0.05) is 18.3 Å². The second-order valence-electron chi connectivity index (χ2n) is 4.66. The van der Waals surface area contributed by atoms with Gasteiger partial charge in [-0.05, 0) is 0 Å². The fourth-order valence-electron chi connectivity index (χ4n) is 1.99. The molecule has 1 aromatic rings. The number of nitrogens with zero attached hydrogens (tertiary/aromatic N) is 2. The van der Waals surface area contributed by atoms with E-state index >= 15 is 0 Å². The zero-order chi connectivity index (χ0) is 14.7. The van der Waals surface area contributed by atoms with Crippen molar-refractivity contribution >= 4 is 12.0 Å². The van der Waals surface area contributed by atoms with E-state index in [1.54, 1.807) is 0 Å². The number of aromatic nitrogens is 2. The SMILES string of the molecule is O=C(O)[C@H](Cc1cnc[nH]1)NC(=O)N1CC(O)C(O)C1. The molecule has 1 aliphatic heterocycles. The third-order valence-electron chi connectivity index (χ3n) is 3.12. The number of β-amino-alcohol motifs (C(OH)–C–C–N with tert-alkyl or cyclic N) is 2. The predicted octanol–water partition coefficient (Wildman–Crippen LogP) is -1.85. The van der Waals surface area contributed by atoms with Gasteiger partial charge in [0.25, 0.3) is 0 Å². The van der Waals surface area contributed by atoms with Crippen molar-refractivity contribution in [3.63, 3.8) is 0 Å². The van der Waals surface area contributed by atoms with Crippen molar-refractivity contribution in [1.82, 2.24) is 20.2 Å². The van der Waals surface area contributed by atoms with Gasteiger partial charge < -0.3 is 30.5 Å². The molecule has 0 spiro atoms. The summed E-state index contributed by atoms with van der Waals surface area (Å²) >= 11 is 0. The summed E-state index contributed by atoms with van der Waals surface area (Å²) < 4.78 is 0. The van der Waals surface area contributed by atoms with E-state index in [1.165, 1.54) is 17.4 Å². The van der Waals surface area contributed by atoms with Gasteiger partial charge in [-0.15, -0.1) is 0 Å². The van der Waals surface area contributed by atoms with Crippen LogP contribution in [0, 0.1) is 0 Å². The molecule has 1 saturated heterocycles. The first-order valence-electron chi connectivity index (χ1n) is 6.09. The van der Waals surface area contributed by atoms with Gasteiger partial charge in [0.05, 0.1) is 31.6 Å². The molecule has 0 aromatic carbocycles. The zero-order valence-corrected chi connectivity index (χ0v) is 10.6. The highest BCUT2D eigenvalue weighted by atomic mass is 16.4. The number of urea groups is 1. The van der Waals surface area contributed by atoms with Gasteiger partial charge in [-0.25, -0.2) is 14.6 Å². The van der Waals surface area contributed by atoms with Gasteiger partial charge in [-0.1, -0.05) is 0 Å². The molecule has 2 rings (SSSR count). The number of carboxylic acids is 1. The second-order valence-corrected chi connectivity index (χ2v) is 4.66. The molecule has 3 atom stereocenters. The van der Waals surface area contributed by atoms with Crippen LogP contribution in [0.25, 0.3) is 0 Å². The van der Waals surface area contributed by atoms with Crippen LogP contribution in [-0.2, 0) is 11.2 Å². The van der Waals surface area contributed by atoms with Crippen LogP contribution >= 0.6 is 0 Å². The molecule has 0 aliphatic carbocycles. The van der Waals surface area contributed by atoms with E-state index in [2.05, 4.69) is 15.3 Å². The summed E-state index contributed by atoms with van der Waals surface area (Å²) in [6.45, 7) is -0.0488. The van der Waals surface area contributed by atoms with Gasteiger partial charge in [0.1, 0.15) is 6.04 Å². The minimum Gasteiger partial charge on any atom is -0.480 e. The van der Waals surface area contributed by atoms with Crippen molar-refractivity contribution in [3.8, 4) is 0 Å². The molecule has 1 aromatic heterocycles. The van der Waals surface area contributed by atoms with Crippen LogP contribution in [0.5, 0.6) is 0 Å². The van der Waals surface area contributed by atoms with E-state index < -0.39 is 30.3 Å². The van der Waals surface area contributed by atoms with Crippen molar-refractivity contribution in [2.45, 2.75) is 24.7 Å². The van der Waals surface area contributed by atoms with Crippen molar-refractivity contribution in [2.75, 3.05) is 13.1 Å². The van der Waals surface area contributed by atoms with Crippen molar-refractivity contribution in [2.24, 2.45) is 0 Å². The highest BCUT2D eigenvalue weighted by Crippen LogP contribution is 2.10. The highest BCUT2D eigenvalue weighted by Gasteiger charge is 2.34. The predicted molar refractivity (Wildman–Crippen MR) is 65.8 cm³/mol. The molecule has 110 valence electrons. The Labute approximate surface area is 114 Å². The maximum absolute atomic E-state index is 11.9. The number of carboxylic acid groups (broad SMARTS) is 1. The van der Waals surface area contributed by atoms with E-state index in [1.807, 2.05) is 0 Å². The lowest BCUT2D eigenvalue weighted by Crippen LogP contribution is -2.48. The third kappa shape index (κ3) is 3.25. The molecule has 0 radical (unpaired) electrons. The molecule has 1 fully saturated rings. The number of rotatable bonds is 4. The average molecular weight is 284 g/mol. The van der Waals surface area contributed by atoms with E-state index in [9.17, 15) is 19.8 Å². The largest absolute Gasteiger partial charge is 0.480 e. The first kappa shape index (κ1) is 14.3. The Bertz CT molecular complexity index is 467. The van der Waals surface area contributed by atoms with Crippen LogP contribution in [-0.4, -0.2) is 73.5 Å². The maximum atomic E-state index is 11.9. The molecule has 5 N–H and O–H groups in total. The number of amides is 2. The fourth-order valence-corrected chi connectivity index (χ4v) is 1.99. The molecule has 1 aliphatic rings. The Balaban J connectivity index is 1.94. The number of aromatic amines is 1. The molecule has 9 heteroatoms. The number of carbonyl (C=O) groups excluding carboxylic acids is 1. The lowest BCUT2D eigenvalue weighted by molar-refractivity contribution is -0.139. The van der Waals surface area contributed by atoms with Crippen LogP contribution in [0.15, 0.2) is 12.5 Å². The first-order chi connectivity index (χ1) is 9.47. The van der Waals surface area contributed by atoms with Gasteiger partial charge in [0.15, 0.2) is 0 Å². The van der Waals surface area contributed by atoms with E-state index in [0.29, 0.717) is 5.69 Å². The van der Waals surface area contributed by atoms with Gasteiger partial charge in [-0.2, -0.15) is 0 Å². The summed E-state index contributed by atoms with van der Waals surface area (Å²) in [5.41, 5.74) is 0.583. The molecule has 0 saturated carbocycles. The van der Waals surface area contributed by atoms with Crippen molar-refractivity contribution in [3.05, 3.63) is 18.2 Å². The number of hydrogen-bond acceptors (Lipinski definition) is 5. The van der Waals surface area contributed by atoms with Crippen LogP contribution in [0.3, 0.4) is 0 Å². The lowest BCUT2D eigenvalue weighted by Gasteiger charge is -2.20. The fraction of sp³-hybridized carbons (Fsp3) is 0.545. The number of nitrogens with one attached hydrogen (secondary N) is 2. The summed E-state index contributed by atoms with van der Waals surface area (Å²) in [6, 6.07) is -1.75. The standard InChI is InChI=1S/C11H16N4O5/c16-8-3-15(4-9(8)17)11(20)14-7(10(18)19)1-6-2-12-5-13-6/h2,5,7-9,16-17H,1,3-4H2,(H,12,13)(H,14,20)(H,18,19)/t7-,8?,9?/m0/s1. The van der Waals surface area contributed by atoms with E-state index in [4.69, 9.17) is 5.11 Å². The Morgan fingerprint density at radius 3 is 2.60 bits per heavy atom. The van der Waals surface area contributed by atoms with Gasteiger partial charge in [-0.3, -0.25) is 0 Å². The third-order valence-corrected chi connectivity index (χ3v) is 3.12. The number of H-pyrrole nitrogens is 1. The topological polar surface area (TPSA) is 139 Å². The minimum absolute atomic E-state index is 0.0244. The number of hydrogen-bond donors (Lipinski definition) is 5. The number of aliphatic carboxylic acids is 1. The Hall–Kier alpha value is -2.13. The molecule has 2 amide bonds. The Kier molecular flexibility index (Phi) is 4.20. The van der Waals surface area contributed by atoms with Crippen molar-refractivity contribution in [1.29, 1.82) is 0 Å². The number of aliphatic hydroxyl groups is 2. The molecule has 2 heterocycles. The molecule has 20 heavy (non-hydrogen) atoms. The maximum Gasteiger partial charge on any atom is 0.326 e.